The molecule has 2 rings (SSSR count). The van der Waals surface area contributed by atoms with Gasteiger partial charge in [0.05, 0.1) is 6.10 Å². The summed E-state index contributed by atoms with van der Waals surface area (Å²) in [6.45, 7) is 2.38. The zero-order valence-corrected chi connectivity index (χ0v) is 11.8. The highest BCUT2D eigenvalue weighted by Gasteiger charge is 2.39. The monoisotopic (exact) mass is 304 g/mol. The fourth-order valence-corrected chi connectivity index (χ4v) is 2.39. The van der Waals surface area contributed by atoms with Crippen LogP contribution >= 0.6 is 23.2 Å². The van der Waals surface area contributed by atoms with Crippen LogP contribution in [0.4, 0.5) is 0 Å². The molecule has 2 atom stereocenters. The van der Waals surface area contributed by atoms with E-state index in [1.807, 2.05) is 0 Å². The highest BCUT2D eigenvalue weighted by atomic mass is 35.5. The van der Waals surface area contributed by atoms with Crippen LogP contribution in [0.25, 0.3) is 0 Å². The minimum atomic E-state index is -1.03. The van der Waals surface area contributed by atoms with Crippen molar-refractivity contribution >= 4 is 29.1 Å². The molecule has 1 saturated heterocycles. The van der Waals surface area contributed by atoms with Gasteiger partial charge in [0.15, 0.2) is 0 Å². The van der Waals surface area contributed by atoms with Gasteiger partial charge in [0.25, 0.3) is 5.91 Å². The Kier molecular flexibility index (Phi) is 4.30. The summed E-state index contributed by atoms with van der Waals surface area (Å²) in [6.07, 6.45) is 0.184. The van der Waals surface area contributed by atoms with E-state index >= 15 is 0 Å². The van der Waals surface area contributed by atoms with Crippen molar-refractivity contribution in [3.05, 3.63) is 28.0 Å². The number of ether oxygens (including phenoxy) is 1. The molecule has 1 fully saturated rings. The highest BCUT2D eigenvalue weighted by Crippen LogP contribution is 2.25. The van der Waals surface area contributed by atoms with Crippen LogP contribution in [-0.4, -0.2) is 40.9 Å². The summed E-state index contributed by atoms with van der Waals surface area (Å²) in [5.41, 5.74) is -0.726. The number of nitrogens with one attached hydrogen (secondary N) is 1. The number of amides is 1. The van der Waals surface area contributed by atoms with Crippen molar-refractivity contribution in [3.63, 3.8) is 0 Å². The van der Waals surface area contributed by atoms with E-state index in [-0.39, 0.29) is 28.9 Å². The van der Waals surface area contributed by atoms with Crippen molar-refractivity contribution in [2.45, 2.75) is 25.0 Å². The number of pyridine rings is 1. The average Bonchev–Trinajstić information content (AvgIpc) is 2.66. The lowest BCUT2D eigenvalue weighted by atomic mass is 9.96. The minimum absolute atomic E-state index is 0.116. The molecule has 7 heteroatoms. The van der Waals surface area contributed by atoms with Gasteiger partial charge in [-0.3, -0.25) is 4.79 Å². The van der Waals surface area contributed by atoms with E-state index in [0.717, 1.165) is 0 Å². The maximum Gasteiger partial charge on any atom is 0.251 e. The van der Waals surface area contributed by atoms with Crippen LogP contribution in [0.15, 0.2) is 12.1 Å². The van der Waals surface area contributed by atoms with E-state index in [1.54, 1.807) is 6.92 Å². The van der Waals surface area contributed by atoms with Crippen LogP contribution in [-0.2, 0) is 4.74 Å². The molecular formula is C12H14Cl2N2O3. The van der Waals surface area contributed by atoms with Crippen LogP contribution < -0.4 is 5.32 Å². The molecule has 2 N–H and O–H groups in total. The lowest BCUT2D eigenvalue weighted by Crippen LogP contribution is -2.47. The fraction of sp³-hybridized carbons (Fsp3) is 0.500. The van der Waals surface area contributed by atoms with Crippen molar-refractivity contribution in [2.24, 2.45) is 0 Å². The number of aliphatic hydroxyl groups is 1. The number of carbonyl (C=O) groups excluding carboxylic acids is 1. The first-order valence-corrected chi connectivity index (χ1v) is 6.61. The second-order valence-electron chi connectivity index (χ2n) is 4.55. The molecule has 1 amide bonds. The average molecular weight is 305 g/mol. The van der Waals surface area contributed by atoms with Gasteiger partial charge in [-0.25, -0.2) is 4.98 Å². The molecule has 5 nitrogen and oxygen atoms in total. The Hall–Kier alpha value is -0.880. The first kappa shape index (κ1) is 14.5. The van der Waals surface area contributed by atoms with Crippen molar-refractivity contribution in [3.8, 4) is 0 Å². The lowest BCUT2D eigenvalue weighted by molar-refractivity contribution is -0.0251. The van der Waals surface area contributed by atoms with Gasteiger partial charge in [0.1, 0.15) is 15.9 Å². The Morgan fingerprint density at radius 2 is 2.21 bits per heavy atom. The molecule has 104 valence electrons. The normalized spacial score (nSPS) is 26.4. The van der Waals surface area contributed by atoms with E-state index in [1.165, 1.54) is 12.1 Å². The number of hydrogen-bond acceptors (Lipinski definition) is 4. The van der Waals surface area contributed by atoms with E-state index < -0.39 is 5.60 Å². The standard InChI is InChI=1S/C12H14Cl2N2O3/c1-7-12(18,2-3-19-7)6-15-11(17)8-4-9(13)16-10(14)5-8/h4-5,7,18H,2-3,6H2,1H3,(H,15,17). The summed E-state index contributed by atoms with van der Waals surface area (Å²) in [5.74, 6) is -0.362. The van der Waals surface area contributed by atoms with E-state index in [0.29, 0.717) is 18.6 Å². The van der Waals surface area contributed by atoms with Gasteiger partial charge < -0.3 is 15.2 Å². The topological polar surface area (TPSA) is 71.5 Å². The first-order valence-electron chi connectivity index (χ1n) is 5.86. The van der Waals surface area contributed by atoms with Crippen molar-refractivity contribution < 1.29 is 14.6 Å². The summed E-state index contributed by atoms with van der Waals surface area (Å²) >= 11 is 11.5. The zero-order valence-electron chi connectivity index (χ0n) is 10.3. The van der Waals surface area contributed by atoms with Crippen LogP contribution in [0, 0.1) is 0 Å². The number of rotatable bonds is 3. The molecule has 0 bridgehead atoms. The predicted octanol–water partition coefficient (Wildman–Crippen LogP) is 1.66. The van der Waals surface area contributed by atoms with E-state index in [2.05, 4.69) is 10.3 Å². The van der Waals surface area contributed by atoms with E-state index in [9.17, 15) is 9.90 Å². The third-order valence-corrected chi connectivity index (χ3v) is 3.63. The molecule has 0 aliphatic carbocycles. The summed E-state index contributed by atoms with van der Waals surface area (Å²) in [5, 5.41) is 13.2. The van der Waals surface area contributed by atoms with Crippen molar-refractivity contribution in [1.82, 2.24) is 10.3 Å². The summed E-state index contributed by atoms with van der Waals surface area (Å²) in [6, 6.07) is 2.84. The quantitative estimate of drug-likeness (QED) is 0.833. The molecule has 0 saturated carbocycles. The van der Waals surface area contributed by atoms with Crippen LogP contribution in [0.2, 0.25) is 10.3 Å². The Morgan fingerprint density at radius 3 is 2.74 bits per heavy atom. The largest absolute Gasteiger partial charge is 0.385 e. The molecule has 0 spiro atoms. The smallest absolute Gasteiger partial charge is 0.251 e. The van der Waals surface area contributed by atoms with E-state index in [4.69, 9.17) is 27.9 Å². The third-order valence-electron chi connectivity index (χ3n) is 3.24. The molecule has 1 aliphatic rings. The second-order valence-corrected chi connectivity index (χ2v) is 5.33. The Balaban J connectivity index is 2.01. The molecule has 19 heavy (non-hydrogen) atoms. The highest BCUT2D eigenvalue weighted by molar-refractivity contribution is 6.33. The molecular weight excluding hydrogens is 291 g/mol. The fourth-order valence-electron chi connectivity index (χ4n) is 1.93. The summed E-state index contributed by atoms with van der Waals surface area (Å²) in [4.78, 5) is 15.7. The van der Waals surface area contributed by atoms with Crippen LogP contribution in [0.1, 0.15) is 23.7 Å². The molecule has 1 aromatic heterocycles. The summed E-state index contributed by atoms with van der Waals surface area (Å²) < 4.78 is 5.29. The van der Waals surface area contributed by atoms with Gasteiger partial charge >= 0.3 is 0 Å². The number of nitrogens with zero attached hydrogens (tertiary/aromatic N) is 1. The maximum atomic E-state index is 11.9. The summed E-state index contributed by atoms with van der Waals surface area (Å²) in [7, 11) is 0. The zero-order chi connectivity index (χ0) is 14.0. The molecule has 0 aromatic carbocycles. The number of hydrogen-bond donors (Lipinski definition) is 2. The molecule has 2 heterocycles. The first-order chi connectivity index (χ1) is 8.90. The Morgan fingerprint density at radius 1 is 1.58 bits per heavy atom. The van der Waals surface area contributed by atoms with Gasteiger partial charge in [0, 0.05) is 25.1 Å². The number of aromatic nitrogens is 1. The minimum Gasteiger partial charge on any atom is -0.385 e. The van der Waals surface area contributed by atoms with Gasteiger partial charge in [-0.2, -0.15) is 0 Å². The van der Waals surface area contributed by atoms with Crippen molar-refractivity contribution in [1.29, 1.82) is 0 Å². The number of halogens is 2. The van der Waals surface area contributed by atoms with Gasteiger partial charge in [-0.15, -0.1) is 0 Å². The number of carbonyl (C=O) groups is 1. The van der Waals surface area contributed by atoms with Crippen LogP contribution in [0.3, 0.4) is 0 Å². The second kappa shape index (κ2) is 5.63. The SMILES string of the molecule is CC1OCCC1(O)CNC(=O)c1cc(Cl)nc(Cl)c1. The van der Waals surface area contributed by atoms with Gasteiger partial charge in [-0.1, -0.05) is 23.2 Å². The molecule has 1 aliphatic heterocycles. The van der Waals surface area contributed by atoms with Gasteiger partial charge in [0.2, 0.25) is 0 Å². The molecule has 2 unspecified atom stereocenters. The maximum absolute atomic E-state index is 11.9. The van der Waals surface area contributed by atoms with Gasteiger partial charge in [-0.05, 0) is 19.1 Å². The van der Waals surface area contributed by atoms with Crippen LogP contribution in [0.5, 0.6) is 0 Å². The third kappa shape index (κ3) is 3.36. The molecule has 0 radical (unpaired) electrons. The Labute approximate surface area is 120 Å². The predicted molar refractivity (Wildman–Crippen MR) is 71.6 cm³/mol. The lowest BCUT2D eigenvalue weighted by Gasteiger charge is -2.26. The molecule has 1 aromatic rings. The van der Waals surface area contributed by atoms with Crippen molar-refractivity contribution in [2.75, 3.05) is 13.2 Å². The Bertz CT molecular complexity index is 478.